The van der Waals surface area contributed by atoms with Crippen LogP contribution in [0.1, 0.15) is 33.6 Å². The third kappa shape index (κ3) is 7.48. The zero-order chi connectivity index (χ0) is 21.6. The number of esters is 1. The van der Waals surface area contributed by atoms with E-state index in [2.05, 4.69) is 4.42 Å². The topological polar surface area (TPSA) is 93.8 Å². The van der Waals surface area contributed by atoms with Crippen molar-refractivity contribution >= 4 is 17.5 Å². The van der Waals surface area contributed by atoms with Gasteiger partial charge in [0.1, 0.15) is 6.61 Å². The van der Waals surface area contributed by atoms with Crippen LogP contribution in [0, 0.1) is 5.92 Å². The second-order valence-electron chi connectivity index (χ2n) is 6.33. The van der Waals surface area contributed by atoms with Crippen molar-refractivity contribution in [2.24, 2.45) is 5.92 Å². The summed E-state index contributed by atoms with van der Waals surface area (Å²) < 4.78 is 9.38. The van der Waals surface area contributed by atoms with Crippen molar-refractivity contribution in [3.05, 3.63) is 96.4 Å². The molecule has 0 aliphatic heterocycles. The zero-order valence-corrected chi connectivity index (χ0v) is 16.5. The Morgan fingerprint density at radius 3 is 1.70 bits per heavy atom. The fourth-order valence-electron chi connectivity index (χ4n) is 2.73. The van der Waals surface area contributed by atoms with Gasteiger partial charge in [-0.3, -0.25) is 9.59 Å². The van der Waals surface area contributed by atoms with Gasteiger partial charge in [-0.15, -0.1) is 0 Å². The first-order chi connectivity index (χ1) is 14.6. The van der Waals surface area contributed by atoms with E-state index in [4.69, 9.17) is 9.84 Å². The standard InChI is InChI=1S/C20H20O5.C4H4O/c21-14-18(22)25-13-7-12-17(19(23)15-8-3-1-4-9-15)20(24)16-10-5-2-6-11-16;1-2-4-5-3-1/h1-6,8-11,17,21H,7,12-14H2;1-4H. The van der Waals surface area contributed by atoms with E-state index >= 15 is 0 Å². The molecule has 1 heterocycles. The van der Waals surface area contributed by atoms with Crippen molar-refractivity contribution in [2.75, 3.05) is 13.2 Å². The van der Waals surface area contributed by atoms with Crippen LogP contribution in [0.25, 0.3) is 0 Å². The summed E-state index contributed by atoms with van der Waals surface area (Å²) in [5.74, 6) is -2.05. The van der Waals surface area contributed by atoms with Crippen LogP contribution in [0.4, 0.5) is 0 Å². The Morgan fingerprint density at radius 2 is 1.30 bits per heavy atom. The number of aliphatic hydroxyl groups is 1. The Kier molecular flexibility index (Phi) is 9.76. The molecule has 0 unspecified atom stereocenters. The van der Waals surface area contributed by atoms with Crippen LogP contribution in [0.15, 0.2) is 89.7 Å². The van der Waals surface area contributed by atoms with Crippen LogP contribution < -0.4 is 0 Å². The lowest BCUT2D eigenvalue weighted by atomic mass is 9.86. The fourth-order valence-corrected chi connectivity index (χ4v) is 2.73. The van der Waals surface area contributed by atoms with Gasteiger partial charge in [-0.05, 0) is 25.0 Å². The zero-order valence-electron chi connectivity index (χ0n) is 16.5. The summed E-state index contributed by atoms with van der Waals surface area (Å²) in [5, 5.41) is 8.63. The van der Waals surface area contributed by atoms with Crippen molar-refractivity contribution in [1.29, 1.82) is 0 Å². The van der Waals surface area contributed by atoms with Crippen molar-refractivity contribution in [2.45, 2.75) is 12.8 Å². The lowest BCUT2D eigenvalue weighted by Crippen LogP contribution is -2.25. The number of rotatable bonds is 9. The summed E-state index contributed by atoms with van der Waals surface area (Å²) in [6.45, 7) is -0.630. The van der Waals surface area contributed by atoms with E-state index in [0.717, 1.165) is 0 Å². The predicted molar refractivity (Wildman–Crippen MR) is 111 cm³/mol. The molecule has 0 saturated carbocycles. The molecule has 6 nitrogen and oxygen atoms in total. The quantitative estimate of drug-likeness (QED) is 0.249. The SMILES string of the molecule is O=C(CO)OCCCC(C(=O)c1ccccc1)C(=O)c1ccccc1.c1ccoc1. The Bertz CT molecular complexity index is 819. The van der Waals surface area contributed by atoms with Crippen molar-refractivity contribution in [3.8, 4) is 0 Å². The molecule has 0 spiro atoms. The first-order valence-electron chi connectivity index (χ1n) is 9.55. The lowest BCUT2D eigenvalue weighted by Gasteiger charge is -2.15. The van der Waals surface area contributed by atoms with Gasteiger partial charge in [-0.1, -0.05) is 60.7 Å². The number of aliphatic hydroxyl groups excluding tert-OH is 1. The van der Waals surface area contributed by atoms with Crippen LogP contribution in [0.3, 0.4) is 0 Å². The highest BCUT2D eigenvalue weighted by atomic mass is 16.5. The van der Waals surface area contributed by atoms with Gasteiger partial charge in [0.25, 0.3) is 0 Å². The summed E-state index contributed by atoms with van der Waals surface area (Å²) in [5.41, 5.74) is 0.952. The van der Waals surface area contributed by atoms with E-state index in [1.807, 2.05) is 12.1 Å². The third-order valence-electron chi connectivity index (χ3n) is 4.20. The van der Waals surface area contributed by atoms with E-state index < -0.39 is 18.5 Å². The first-order valence-corrected chi connectivity index (χ1v) is 9.55. The summed E-state index contributed by atoms with van der Waals surface area (Å²) in [6.07, 6.45) is 3.87. The molecule has 0 aliphatic carbocycles. The van der Waals surface area contributed by atoms with Gasteiger partial charge in [-0.25, -0.2) is 4.79 Å². The molecule has 6 heteroatoms. The largest absolute Gasteiger partial charge is 0.473 e. The number of carbonyl (C=O) groups is 3. The molecule has 0 fully saturated rings. The number of ketones is 2. The summed E-state index contributed by atoms with van der Waals surface area (Å²) in [4.78, 5) is 36.5. The average Bonchev–Trinajstić information content (AvgIpc) is 3.39. The molecule has 0 amide bonds. The number of benzene rings is 2. The van der Waals surface area contributed by atoms with E-state index in [1.54, 1.807) is 73.2 Å². The molecule has 2 aromatic carbocycles. The van der Waals surface area contributed by atoms with Crippen LogP contribution in [-0.2, 0) is 9.53 Å². The molecule has 30 heavy (non-hydrogen) atoms. The number of carbonyl (C=O) groups excluding carboxylic acids is 3. The Morgan fingerprint density at radius 1 is 0.800 bits per heavy atom. The molecule has 0 bridgehead atoms. The first kappa shape index (κ1) is 22.8. The van der Waals surface area contributed by atoms with Crippen LogP contribution in [0.5, 0.6) is 0 Å². The maximum atomic E-state index is 12.8. The molecular weight excluding hydrogens is 384 g/mol. The monoisotopic (exact) mass is 408 g/mol. The van der Waals surface area contributed by atoms with Gasteiger partial charge in [0, 0.05) is 11.1 Å². The van der Waals surface area contributed by atoms with Gasteiger partial charge >= 0.3 is 5.97 Å². The van der Waals surface area contributed by atoms with Crippen molar-refractivity contribution < 1.29 is 28.6 Å². The molecule has 3 rings (SSSR count). The molecule has 0 radical (unpaired) electrons. The molecule has 156 valence electrons. The van der Waals surface area contributed by atoms with Crippen LogP contribution in [-0.4, -0.2) is 35.9 Å². The summed E-state index contributed by atoms with van der Waals surface area (Å²) in [7, 11) is 0. The fraction of sp³-hybridized carbons (Fsp3) is 0.208. The highest BCUT2D eigenvalue weighted by Crippen LogP contribution is 2.20. The van der Waals surface area contributed by atoms with Crippen LogP contribution in [0.2, 0.25) is 0 Å². The van der Waals surface area contributed by atoms with Gasteiger partial charge in [-0.2, -0.15) is 0 Å². The molecule has 0 aliphatic rings. The highest BCUT2D eigenvalue weighted by Gasteiger charge is 2.28. The van der Waals surface area contributed by atoms with E-state index in [9.17, 15) is 14.4 Å². The Balaban J connectivity index is 0.000000558. The van der Waals surface area contributed by atoms with E-state index in [0.29, 0.717) is 17.5 Å². The van der Waals surface area contributed by atoms with Gasteiger partial charge in [0.05, 0.1) is 25.1 Å². The minimum absolute atomic E-state index is 0.0556. The molecular formula is C24H24O6. The molecule has 3 aromatic rings. The highest BCUT2D eigenvalue weighted by molar-refractivity contribution is 6.16. The van der Waals surface area contributed by atoms with Crippen molar-refractivity contribution in [1.82, 2.24) is 0 Å². The molecule has 0 saturated heterocycles. The number of furan rings is 1. The van der Waals surface area contributed by atoms with Gasteiger partial charge < -0.3 is 14.3 Å². The van der Waals surface area contributed by atoms with Gasteiger partial charge in [0.2, 0.25) is 0 Å². The minimum Gasteiger partial charge on any atom is -0.473 e. The summed E-state index contributed by atoms with van der Waals surface area (Å²) in [6, 6.07) is 21.0. The number of hydrogen-bond donors (Lipinski definition) is 1. The normalized spacial score (nSPS) is 10.1. The number of ether oxygens (including phenoxy) is 1. The average molecular weight is 408 g/mol. The second kappa shape index (κ2) is 12.9. The number of hydrogen-bond acceptors (Lipinski definition) is 6. The third-order valence-corrected chi connectivity index (χ3v) is 4.20. The van der Waals surface area contributed by atoms with E-state index in [1.165, 1.54) is 0 Å². The lowest BCUT2D eigenvalue weighted by molar-refractivity contribution is -0.147. The number of Topliss-reactive ketones (excluding diaryl/α,β-unsaturated/α-hetero) is 2. The van der Waals surface area contributed by atoms with Gasteiger partial charge in [0.15, 0.2) is 11.6 Å². The van der Waals surface area contributed by atoms with E-state index in [-0.39, 0.29) is 24.6 Å². The predicted octanol–water partition coefficient (Wildman–Crippen LogP) is 3.96. The van der Waals surface area contributed by atoms with Crippen LogP contribution >= 0.6 is 0 Å². The van der Waals surface area contributed by atoms with Crippen molar-refractivity contribution in [3.63, 3.8) is 0 Å². The molecule has 1 N–H and O–H groups in total. The minimum atomic E-state index is -0.836. The smallest absolute Gasteiger partial charge is 0.331 e. The Hall–Kier alpha value is -3.51. The maximum absolute atomic E-state index is 12.8. The second-order valence-corrected chi connectivity index (χ2v) is 6.33. The Labute approximate surface area is 175 Å². The molecule has 0 atom stereocenters. The summed E-state index contributed by atoms with van der Waals surface area (Å²) >= 11 is 0. The maximum Gasteiger partial charge on any atom is 0.331 e. The molecule has 1 aromatic heterocycles.